The molecule has 3 aromatic rings. The Morgan fingerprint density at radius 2 is 1.97 bits per heavy atom. The first-order valence-electron chi connectivity index (χ1n) is 11.3. The van der Waals surface area contributed by atoms with Crippen molar-refractivity contribution in [3.05, 3.63) is 61.0 Å². The number of carbonyl (C=O) groups excluding carboxylic acids is 1. The number of halogens is 2. The third-order valence-corrected chi connectivity index (χ3v) is 6.79. The molecule has 0 amide bonds. The minimum Gasteiger partial charge on any atom is -0.490 e. The van der Waals surface area contributed by atoms with E-state index in [1.165, 1.54) is 18.0 Å². The Hall–Kier alpha value is -2.52. The first-order valence-corrected chi connectivity index (χ1v) is 12.9. The van der Waals surface area contributed by atoms with Crippen molar-refractivity contribution in [3.8, 4) is 11.5 Å². The predicted molar refractivity (Wildman–Crippen MR) is 139 cm³/mol. The summed E-state index contributed by atoms with van der Waals surface area (Å²) in [4.78, 5) is 29.8. The molecule has 2 aromatic carbocycles. The average molecular weight is 591 g/mol. The van der Waals surface area contributed by atoms with Crippen LogP contribution in [0.15, 0.2) is 49.2 Å². The number of carbonyl (C=O) groups is 1. The van der Waals surface area contributed by atoms with Gasteiger partial charge in [0.05, 0.1) is 28.2 Å². The first-order chi connectivity index (χ1) is 16.4. The molecule has 0 atom stereocenters. The highest BCUT2D eigenvalue weighted by Gasteiger charge is 2.22. The molecule has 1 aliphatic carbocycles. The molecular weight excluding hydrogens is 566 g/mol. The van der Waals surface area contributed by atoms with E-state index in [0.29, 0.717) is 44.9 Å². The highest BCUT2D eigenvalue weighted by atomic mass is 79.9. The number of esters is 1. The molecule has 1 aliphatic rings. The average Bonchev–Trinajstić information content (AvgIpc) is 2.81. The predicted octanol–water partition coefficient (Wildman–Crippen LogP) is 6.18. The SMILES string of the molecule is CCOc1cc(C=Nn2c(C3CCCCC3)nc3ccc(Br)cc3c2=O)cc(Br)c1OC(C)=O. The van der Waals surface area contributed by atoms with Gasteiger partial charge in [0, 0.05) is 17.3 Å². The molecule has 0 bridgehead atoms. The van der Waals surface area contributed by atoms with Crippen molar-refractivity contribution in [3.63, 3.8) is 0 Å². The Kier molecular flexibility index (Phi) is 7.83. The Labute approximate surface area is 214 Å². The smallest absolute Gasteiger partial charge is 0.308 e. The van der Waals surface area contributed by atoms with Gasteiger partial charge in [-0.05, 0) is 71.6 Å². The number of rotatable bonds is 6. The van der Waals surface area contributed by atoms with Crippen molar-refractivity contribution in [2.24, 2.45) is 5.10 Å². The van der Waals surface area contributed by atoms with E-state index in [1.807, 2.05) is 19.1 Å². The topological polar surface area (TPSA) is 82.8 Å². The molecule has 178 valence electrons. The summed E-state index contributed by atoms with van der Waals surface area (Å²) in [5.41, 5.74) is 1.15. The Bertz CT molecular complexity index is 1310. The van der Waals surface area contributed by atoms with E-state index in [1.54, 1.807) is 24.4 Å². The van der Waals surface area contributed by atoms with Crippen LogP contribution < -0.4 is 15.0 Å². The van der Waals surface area contributed by atoms with Gasteiger partial charge in [0.25, 0.3) is 5.56 Å². The van der Waals surface area contributed by atoms with E-state index in [-0.39, 0.29) is 11.5 Å². The maximum atomic E-state index is 13.5. The number of benzene rings is 2. The largest absolute Gasteiger partial charge is 0.490 e. The van der Waals surface area contributed by atoms with E-state index < -0.39 is 5.97 Å². The summed E-state index contributed by atoms with van der Waals surface area (Å²) in [5.74, 6) is 1.15. The summed E-state index contributed by atoms with van der Waals surface area (Å²) in [6, 6.07) is 9.02. The summed E-state index contributed by atoms with van der Waals surface area (Å²) >= 11 is 6.90. The molecule has 0 spiro atoms. The summed E-state index contributed by atoms with van der Waals surface area (Å²) in [6.45, 7) is 3.58. The number of aromatic nitrogens is 2. The molecule has 0 unspecified atom stereocenters. The Balaban J connectivity index is 1.81. The van der Waals surface area contributed by atoms with Gasteiger partial charge in [-0.1, -0.05) is 35.2 Å². The lowest BCUT2D eigenvalue weighted by Gasteiger charge is -2.22. The monoisotopic (exact) mass is 589 g/mol. The van der Waals surface area contributed by atoms with Gasteiger partial charge < -0.3 is 9.47 Å². The lowest BCUT2D eigenvalue weighted by molar-refractivity contribution is -0.132. The zero-order valence-electron chi connectivity index (χ0n) is 19.0. The maximum absolute atomic E-state index is 13.5. The van der Waals surface area contributed by atoms with Crippen LogP contribution in [0.2, 0.25) is 0 Å². The molecular formula is C25H25Br2N3O4. The third kappa shape index (κ3) is 5.41. The van der Waals surface area contributed by atoms with Gasteiger partial charge >= 0.3 is 5.97 Å². The molecule has 0 N–H and O–H groups in total. The molecule has 0 aliphatic heterocycles. The van der Waals surface area contributed by atoms with Crippen LogP contribution in [-0.4, -0.2) is 28.5 Å². The standard InChI is InChI=1S/C25H25Br2N3O4/c1-3-33-22-12-16(11-20(27)23(22)34-15(2)31)14-28-30-24(17-7-5-4-6-8-17)29-21-10-9-18(26)13-19(21)25(30)32/h9-14,17H,3-8H2,1-2H3. The van der Waals surface area contributed by atoms with E-state index in [2.05, 4.69) is 37.0 Å². The quantitative estimate of drug-likeness (QED) is 0.195. The van der Waals surface area contributed by atoms with Crippen molar-refractivity contribution < 1.29 is 14.3 Å². The van der Waals surface area contributed by atoms with Gasteiger partial charge in [0.1, 0.15) is 5.82 Å². The molecule has 1 fully saturated rings. The van der Waals surface area contributed by atoms with Crippen LogP contribution >= 0.6 is 31.9 Å². The van der Waals surface area contributed by atoms with Crippen molar-refractivity contribution in [2.75, 3.05) is 6.61 Å². The summed E-state index contributed by atoms with van der Waals surface area (Å²) in [6.07, 6.45) is 7.01. The fourth-order valence-electron chi connectivity index (χ4n) is 4.20. The van der Waals surface area contributed by atoms with Crippen molar-refractivity contribution >= 4 is 54.9 Å². The molecule has 9 heteroatoms. The number of ether oxygens (including phenoxy) is 2. The van der Waals surface area contributed by atoms with Gasteiger partial charge in [0.15, 0.2) is 11.5 Å². The zero-order valence-corrected chi connectivity index (χ0v) is 22.2. The Morgan fingerprint density at radius 3 is 2.68 bits per heavy atom. The fraction of sp³-hybridized carbons (Fsp3) is 0.360. The minimum absolute atomic E-state index is 0.184. The van der Waals surface area contributed by atoms with Gasteiger partial charge in [-0.25, -0.2) is 4.98 Å². The van der Waals surface area contributed by atoms with Gasteiger partial charge in [0.2, 0.25) is 0 Å². The molecule has 7 nitrogen and oxygen atoms in total. The van der Waals surface area contributed by atoms with Crippen LogP contribution in [0.3, 0.4) is 0 Å². The second-order valence-corrected chi connectivity index (χ2v) is 9.95. The molecule has 4 rings (SSSR count). The van der Waals surface area contributed by atoms with E-state index in [9.17, 15) is 9.59 Å². The molecule has 1 aromatic heterocycles. The van der Waals surface area contributed by atoms with Crippen LogP contribution in [0.5, 0.6) is 11.5 Å². The second-order valence-electron chi connectivity index (χ2n) is 8.18. The van der Waals surface area contributed by atoms with E-state index in [0.717, 1.165) is 30.2 Å². The molecule has 34 heavy (non-hydrogen) atoms. The molecule has 1 saturated carbocycles. The second kappa shape index (κ2) is 10.8. The lowest BCUT2D eigenvalue weighted by atomic mass is 9.88. The van der Waals surface area contributed by atoms with Gasteiger partial charge in [-0.2, -0.15) is 9.78 Å². The molecule has 0 saturated heterocycles. The molecule has 0 radical (unpaired) electrons. The van der Waals surface area contributed by atoms with E-state index >= 15 is 0 Å². The third-order valence-electron chi connectivity index (χ3n) is 5.70. The Morgan fingerprint density at radius 1 is 1.21 bits per heavy atom. The van der Waals surface area contributed by atoms with Gasteiger partial charge in [-0.15, -0.1) is 0 Å². The number of fused-ring (bicyclic) bond motifs is 1. The van der Waals surface area contributed by atoms with Crippen molar-refractivity contribution in [1.82, 2.24) is 9.66 Å². The lowest BCUT2D eigenvalue weighted by Crippen LogP contribution is -2.25. The normalized spacial score (nSPS) is 14.6. The van der Waals surface area contributed by atoms with Gasteiger partial charge in [-0.3, -0.25) is 9.59 Å². The summed E-state index contributed by atoms with van der Waals surface area (Å²) in [5, 5.41) is 5.09. The highest BCUT2D eigenvalue weighted by Crippen LogP contribution is 2.37. The minimum atomic E-state index is -0.444. The van der Waals surface area contributed by atoms with Crippen LogP contribution in [0.4, 0.5) is 0 Å². The van der Waals surface area contributed by atoms with Crippen LogP contribution in [0.25, 0.3) is 10.9 Å². The van der Waals surface area contributed by atoms with Crippen molar-refractivity contribution in [1.29, 1.82) is 0 Å². The fourth-order valence-corrected chi connectivity index (χ4v) is 5.10. The maximum Gasteiger partial charge on any atom is 0.308 e. The number of hydrogen-bond donors (Lipinski definition) is 0. The van der Waals surface area contributed by atoms with Crippen LogP contribution in [0, 0.1) is 0 Å². The van der Waals surface area contributed by atoms with Crippen molar-refractivity contribution in [2.45, 2.75) is 51.9 Å². The number of nitrogens with zero attached hydrogens (tertiary/aromatic N) is 3. The summed E-state index contributed by atoms with van der Waals surface area (Å²) in [7, 11) is 0. The van der Waals surface area contributed by atoms with E-state index in [4.69, 9.17) is 14.5 Å². The first kappa shape index (κ1) is 24.6. The molecule has 1 heterocycles. The highest BCUT2D eigenvalue weighted by molar-refractivity contribution is 9.10. The summed E-state index contributed by atoms with van der Waals surface area (Å²) < 4.78 is 13.8. The van der Waals surface area contributed by atoms with Crippen LogP contribution in [0.1, 0.15) is 63.3 Å². The zero-order chi connectivity index (χ0) is 24.2. The van der Waals surface area contributed by atoms with Crippen LogP contribution in [-0.2, 0) is 4.79 Å². The number of hydrogen-bond acceptors (Lipinski definition) is 6.